The number of hydrogen-bond donors (Lipinski definition) is 0. The highest BCUT2D eigenvalue weighted by Crippen LogP contribution is 2.32. The molecule has 0 N–H and O–H groups in total. The molecule has 2 aromatic heterocycles. The third kappa shape index (κ3) is 4.60. The molecule has 1 fully saturated rings. The van der Waals surface area contributed by atoms with E-state index in [-0.39, 0.29) is 25.5 Å². The fourth-order valence-corrected chi connectivity index (χ4v) is 5.77. The van der Waals surface area contributed by atoms with Crippen LogP contribution in [0.25, 0.3) is 11.0 Å². The summed E-state index contributed by atoms with van der Waals surface area (Å²) in [6.45, 7) is 8.74. The van der Waals surface area contributed by atoms with Gasteiger partial charge in [0.2, 0.25) is 9.84 Å². The third-order valence-electron chi connectivity index (χ3n) is 5.49. The van der Waals surface area contributed by atoms with Gasteiger partial charge < -0.3 is 9.30 Å². The molecule has 0 amide bonds. The largest absolute Gasteiger partial charge is 0.381 e. The summed E-state index contributed by atoms with van der Waals surface area (Å²) in [6.07, 6.45) is 2.02. The van der Waals surface area contributed by atoms with E-state index in [9.17, 15) is 8.42 Å². The van der Waals surface area contributed by atoms with Crippen LogP contribution in [-0.2, 0) is 26.5 Å². The maximum atomic E-state index is 13.2. The minimum atomic E-state index is -3.89. The van der Waals surface area contributed by atoms with Gasteiger partial charge in [0, 0.05) is 30.2 Å². The van der Waals surface area contributed by atoms with Crippen molar-refractivity contribution >= 4 is 44.1 Å². The average Bonchev–Trinajstić information content (AvgIpc) is 3.06. The predicted octanol–water partition coefficient (Wildman–Crippen LogP) is 5.30. The van der Waals surface area contributed by atoms with Crippen molar-refractivity contribution in [1.82, 2.24) is 14.5 Å². The van der Waals surface area contributed by atoms with Crippen LogP contribution in [0.15, 0.2) is 40.3 Å². The van der Waals surface area contributed by atoms with Gasteiger partial charge in [-0.2, -0.15) is 0 Å². The van der Waals surface area contributed by atoms with Crippen LogP contribution in [0, 0.1) is 5.92 Å². The summed E-state index contributed by atoms with van der Waals surface area (Å²) in [5.74, 6) is 1.45. The molecule has 0 unspecified atom stereocenters. The van der Waals surface area contributed by atoms with Crippen LogP contribution < -0.4 is 0 Å². The lowest BCUT2D eigenvalue weighted by Crippen LogP contribution is -2.25. The minimum Gasteiger partial charge on any atom is -0.381 e. The number of pyridine rings is 1. The van der Waals surface area contributed by atoms with Crippen molar-refractivity contribution in [3.05, 3.63) is 46.3 Å². The van der Waals surface area contributed by atoms with Crippen LogP contribution in [0.5, 0.6) is 0 Å². The summed E-state index contributed by atoms with van der Waals surface area (Å²) < 4.78 is 34.1. The highest BCUT2D eigenvalue weighted by atomic mass is 35.5. The summed E-state index contributed by atoms with van der Waals surface area (Å²) in [4.78, 5) is 8.92. The van der Waals surface area contributed by atoms with Crippen LogP contribution in [0.2, 0.25) is 10.2 Å². The van der Waals surface area contributed by atoms with E-state index in [2.05, 4.69) is 30.3 Å². The molecule has 1 aromatic carbocycles. The fourth-order valence-electron chi connectivity index (χ4n) is 3.92. The van der Waals surface area contributed by atoms with Gasteiger partial charge >= 0.3 is 0 Å². The molecule has 1 aliphatic heterocycles. The molecule has 4 rings (SSSR count). The van der Waals surface area contributed by atoms with Gasteiger partial charge in [0.25, 0.3) is 0 Å². The van der Waals surface area contributed by atoms with Gasteiger partial charge in [-0.05, 0) is 49.1 Å². The van der Waals surface area contributed by atoms with Crippen molar-refractivity contribution in [2.45, 2.75) is 55.5 Å². The highest BCUT2D eigenvalue weighted by Gasteiger charge is 2.27. The van der Waals surface area contributed by atoms with E-state index < -0.39 is 9.84 Å². The van der Waals surface area contributed by atoms with E-state index in [1.807, 2.05) is 6.07 Å². The van der Waals surface area contributed by atoms with Gasteiger partial charge in [0.15, 0.2) is 5.03 Å². The highest BCUT2D eigenvalue weighted by molar-refractivity contribution is 7.91. The summed E-state index contributed by atoms with van der Waals surface area (Å²) in [5, 5.41) is 0.0698. The first-order valence-corrected chi connectivity index (χ1v) is 12.5. The van der Waals surface area contributed by atoms with Gasteiger partial charge in [0.1, 0.15) is 11.0 Å². The molecule has 166 valence electrons. The number of benzene rings is 1. The number of fused-ring (bicyclic) bond motifs is 1. The lowest BCUT2D eigenvalue weighted by atomic mass is 9.94. The maximum Gasteiger partial charge on any atom is 0.224 e. The minimum absolute atomic E-state index is 0.0305. The van der Waals surface area contributed by atoms with Crippen LogP contribution in [0.1, 0.15) is 39.4 Å². The summed E-state index contributed by atoms with van der Waals surface area (Å²) in [6, 6.07) is 7.74. The number of halogens is 2. The Hall–Kier alpha value is -1.67. The van der Waals surface area contributed by atoms with E-state index in [0.717, 1.165) is 43.9 Å². The maximum absolute atomic E-state index is 13.2. The Labute approximate surface area is 192 Å². The van der Waals surface area contributed by atoms with Crippen LogP contribution in [0.3, 0.4) is 0 Å². The number of imidazole rings is 1. The van der Waals surface area contributed by atoms with Crippen molar-refractivity contribution in [3.63, 3.8) is 0 Å². The molecule has 3 aromatic rings. The Kier molecular flexibility index (Phi) is 6.07. The van der Waals surface area contributed by atoms with Crippen molar-refractivity contribution in [2.24, 2.45) is 5.92 Å². The van der Waals surface area contributed by atoms with Gasteiger partial charge in [-0.25, -0.2) is 18.4 Å². The van der Waals surface area contributed by atoms with Crippen molar-refractivity contribution in [1.29, 1.82) is 0 Å². The van der Waals surface area contributed by atoms with Crippen LogP contribution in [0.4, 0.5) is 0 Å². The summed E-state index contributed by atoms with van der Waals surface area (Å²) >= 11 is 11.9. The monoisotopic (exact) mass is 481 g/mol. The molecule has 6 nitrogen and oxygen atoms in total. The molecule has 0 saturated carbocycles. The molecule has 0 aliphatic carbocycles. The first kappa shape index (κ1) is 22.5. The van der Waals surface area contributed by atoms with E-state index >= 15 is 0 Å². The smallest absolute Gasteiger partial charge is 0.224 e. The first-order chi connectivity index (χ1) is 14.6. The average molecular weight is 482 g/mol. The van der Waals surface area contributed by atoms with Crippen molar-refractivity contribution < 1.29 is 13.2 Å². The molecule has 0 radical (unpaired) electrons. The molecule has 0 bridgehead atoms. The predicted molar refractivity (Wildman–Crippen MR) is 122 cm³/mol. The zero-order chi connectivity index (χ0) is 22.4. The number of sulfone groups is 1. The van der Waals surface area contributed by atoms with Crippen molar-refractivity contribution in [3.8, 4) is 0 Å². The van der Waals surface area contributed by atoms with Crippen molar-refractivity contribution in [2.75, 3.05) is 13.2 Å². The Morgan fingerprint density at radius 1 is 1.10 bits per heavy atom. The molecular formula is C22H25Cl2N3O3S. The van der Waals surface area contributed by atoms with Crippen LogP contribution >= 0.6 is 23.2 Å². The number of rotatable bonds is 4. The third-order valence-corrected chi connectivity index (χ3v) is 7.54. The molecular weight excluding hydrogens is 457 g/mol. The molecule has 0 spiro atoms. The lowest BCUT2D eigenvalue weighted by Gasteiger charge is -2.26. The molecule has 31 heavy (non-hydrogen) atoms. The second-order valence-electron chi connectivity index (χ2n) is 8.95. The zero-order valence-corrected chi connectivity index (χ0v) is 20.1. The van der Waals surface area contributed by atoms with E-state index in [1.54, 1.807) is 12.1 Å². The zero-order valence-electron chi connectivity index (χ0n) is 17.7. The van der Waals surface area contributed by atoms with Gasteiger partial charge in [-0.1, -0.05) is 44.0 Å². The molecule has 3 heterocycles. The first-order valence-electron chi connectivity index (χ1n) is 10.2. The summed E-state index contributed by atoms with van der Waals surface area (Å²) in [7, 11) is -3.89. The Balaban J connectivity index is 1.80. The van der Waals surface area contributed by atoms with Crippen LogP contribution in [-0.4, -0.2) is 36.2 Å². The quantitative estimate of drug-likeness (QED) is 0.472. The number of hydrogen-bond acceptors (Lipinski definition) is 5. The van der Waals surface area contributed by atoms with Gasteiger partial charge in [-0.3, -0.25) is 0 Å². The summed E-state index contributed by atoms with van der Waals surface area (Å²) in [5.41, 5.74) is 1.38. The Morgan fingerprint density at radius 3 is 2.45 bits per heavy atom. The topological polar surface area (TPSA) is 74.1 Å². The number of nitrogens with zero attached hydrogens (tertiary/aromatic N) is 3. The van der Waals surface area contributed by atoms with E-state index in [4.69, 9.17) is 32.9 Å². The van der Waals surface area contributed by atoms with Gasteiger partial charge in [-0.15, -0.1) is 0 Å². The normalized spacial score (nSPS) is 16.2. The SMILES string of the molecule is CC(C)(C)c1nc2cc(S(=O)(=O)c3cc(Cl)cc(Cl)n3)ccc2n1CC1CCOCC1. The lowest BCUT2D eigenvalue weighted by molar-refractivity contribution is 0.0611. The van der Waals surface area contributed by atoms with Gasteiger partial charge in [0.05, 0.1) is 15.9 Å². The number of aromatic nitrogens is 3. The number of ether oxygens (including phenoxy) is 1. The second kappa shape index (κ2) is 8.35. The molecule has 0 atom stereocenters. The Morgan fingerprint density at radius 2 is 1.81 bits per heavy atom. The standard InChI is InChI=1S/C22H25Cl2N3O3S/c1-22(2,3)21-25-17-12-16(31(28,29)20-11-15(23)10-19(24)26-20)4-5-18(17)27(21)13-14-6-8-30-9-7-14/h4-5,10-12,14H,6-9,13H2,1-3H3. The Bertz CT molecular complexity index is 1210. The van der Waals surface area contributed by atoms with E-state index in [1.165, 1.54) is 12.1 Å². The molecule has 1 saturated heterocycles. The fraction of sp³-hybridized carbons (Fsp3) is 0.455. The molecule has 1 aliphatic rings. The van der Waals surface area contributed by atoms with E-state index in [0.29, 0.717) is 11.4 Å². The second-order valence-corrected chi connectivity index (χ2v) is 11.7. The molecule has 9 heteroatoms.